The summed E-state index contributed by atoms with van der Waals surface area (Å²) >= 11 is 0. The number of likely N-dealkylation sites (tertiary alicyclic amines) is 1. The summed E-state index contributed by atoms with van der Waals surface area (Å²) in [5, 5.41) is 0. The number of nitrogens with zero attached hydrogens (tertiary/aromatic N) is 3. The molecule has 2 heterocycles. The van der Waals surface area contributed by atoms with Crippen LogP contribution in [0.15, 0.2) is 30.3 Å². The van der Waals surface area contributed by atoms with Crippen molar-refractivity contribution in [2.45, 2.75) is 25.4 Å². The Bertz CT molecular complexity index is 585. The molecule has 1 aromatic rings. The van der Waals surface area contributed by atoms with Crippen molar-refractivity contribution in [3.8, 4) is 0 Å². The van der Waals surface area contributed by atoms with Gasteiger partial charge in [-0.15, -0.1) is 0 Å². The second-order valence-electron chi connectivity index (χ2n) is 8.00. The molecule has 25 heavy (non-hydrogen) atoms. The van der Waals surface area contributed by atoms with E-state index in [-0.39, 0.29) is 0 Å². The van der Waals surface area contributed by atoms with Gasteiger partial charge in [0.05, 0.1) is 6.54 Å². The standard InChI is InChI=1S/C20H30N4O/c21-19-7-6-17-13-24(14-18(17)19)20(25)15-23-10-8-22(9-11-23)12-16-4-2-1-3-5-16/h1-5,17-19H,6-15,21H2. The number of nitrogens with two attached hydrogens (primary N) is 1. The molecule has 0 aromatic heterocycles. The van der Waals surface area contributed by atoms with Crippen molar-refractivity contribution in [2.24, 2.45) is 17.6 Å². The molecule has 3 unspecified atom stereocenters. The Morgan fingerprint density at radius 3 is 2.44 bits per heavy atom. The van der Waals surface area contributed by atoms with Crippen molar-refractivity contribution in [3.63, 3.8) is 0 Å². The number of piperazine rings is 1. The van der Waals surface area contributed by atoms with E-state index in [4.69, 9.17) is 5.73 Å². The van der Waals surface area contributed by atoms with Crippen LogP contribution in [0.2, 0.25) is 0 Å². The maximum atomic E-state index is 12.7. The van der Waals surface area contributed by atoms with Crippen LogP contribution in [0.5, 0.6) is 0 Å². The number of amides is 1. The van der Waals surface area contributed by atoms with E-state index >= 15 is 0 Å². The van der Waals surface area contributed by atoms with E-state index in [0.717, 1.165) is 52.2 Å². The average Bonchev–Trinajstić information content (AvgIpc) is 3.20. The molecule has 5 nitrogen and oxygen atoms in total. The van der Waals surface area contributed by atoms with Gasteiger partial charge in [-0.1, -0.05) is 30.3 Å². The van der Waals surface area contributed by atoms with E-state index in [1.807, 2.05) is 0 Å². The summed E-state index contributed by atoms with van der Waals surface area (Å²) in [6.07, 6.45) is 2.34. The molecule has 3 fully saturated rings. The predicted molar refractivity (Wildman–Crippen MR) is 98.9 cm³/mol. The van der Waals surface area contributed by atoms with Gasteiger partial charge in [-0.25, -0.2) is 0 Å². The minimum absolute atomic E-state index is 0.304. The maximum absolute atomic E-state index is 12.7. The molecule has 1 saturated carbocycles. The fourth-order valence-electron chi connectivity index (χ4n) is 4.75. The third-order valence-electron chi connectivity index (χ3n) is 6.34. The van der Waals surface area contributed by atoms with Gasteiger partial charge in [0.2, 0.25) is 5.91 Å². The Balaban J connectivity index is 1.22. The predicted octanol–water partition coefficient (Wildman–Crippen LogP) is 1.000. The second-order valence-corrected chi connectivity index (χ2v) is 8.00. The quantitative estimate of drug-likeness (QED) is 0.887. The fraction of sp³-hybridized carbons (Fsp3) is 0.650. The van der Waals surface area contributed by atoms with Gasteiger partial charge >= 0.3 is 0 Å². The van der Waals surface area contributed by atoms with Gasteiger partial charge in [-0.05, 0) is 30.2 Å². The van der Waals surface area contributed by atoms with Crippen LogP contribution in [0.4, 0.5) is 0 Å². The lowest BCUT2D eigenvalue weighted by molar-refractivity contribution is -0.132. The van der Waals surface area contributed by atoms with E-state index in [1.54, 1.807) is 0 Å². The van der Waals surface area contributed by atoms with Gasteiger partial charge < -0.3 is 10.6 Å². The highest BCUT2D eigenvalue weighted by atomic mass is 16.2. The molecule has 1 aliphatic carbocycles. The molecule has 0 radical (unpaired) electrons. The highest BCUT2D eigenvalue weighted by molar-refractivity contribution is 5.78. The van der Waals surface area contributed by atoms with Crippen LogP contribution in [0.1, 0.15) is 18.4 Å². The summed E-state index contributed by atoms with van der Waals surface area (Å²) in [6, 6.07) is 10.9. The number of hydrogen-bond acceptors (Lipinski definition) is 4. The lowest BCUT2D eigenvalue weighted by atomic mass is 9.98. The highest BCUT2D eigenvalue weighted by Gasteiger charge is 2.42. The van der Waals surface area contributed by atoms with Gasteiger partial charge in [-0.3, -0.25) is 14.6 Å². The molecule has 136 valence electrons. The molecule has 2 saturated heterocycles. The highest BCUT2D eigenvalue weighted by Crippen LogP contribution is 2.37. The van der Waals surface area contributed by atoms with E-state index in [9.17, 15) is 4.79 Å². The van der Waals surface area contributed by atoms with E-state index in [0.29, 0.717) is 30.3 Å². The zero-order valence-electron chi connectivity index (χ0n) is 15.0. The minimum atomic E-state index is 0.304. The molecule has 0 spiro atoms. The molecule has 1 amide bonds. The molecule has 4 rings (SSSR count). The first-order valence-electron chi connectivity index (χ1n) is 9.71. The first kappa shape index (κ1) is 17.0. The normalized spacial score (nSPS) is 30.6. The van der Waals surface area contributed by atoms with Crippen LogP contribution < -0.4 is 5.73 Å². The minimum Gasteiger partial charge on any atom is -0.341 e. The Hall–Kier alpha value is -1.43. The van der Waals surface area contributed by atoms with Gasteiger partial charge in [-0.2, -0.15) is 0 Å². The monoisotopic (exact) mass is 342 g/mol. The van der Waals surface area contributed by atoms with Crippen LogP contribution in [-0.4, -0.2) is 72.5 Å². The molecule has 2 aliphatic heterocycles. The zero-order valence-corrected chi connectivity index (χ0v) is 15.0. The maximum Gasteiger partial charge on any atom is 0.236 e. The number of carbonyl (C=O) groups excluding carboxylic acids is 1. The second kappa shape index (κ2) is 7.44. The smallest absolute Gasteiger partial charge is 0.236 e. The molecular formula is C20H30N4O. The van der Waals surface area contributed by atoms with Crippen molar-refractivity contribution < 1.29 is 4.79 Å². The third kappa shape index (κ3) is 3.89. The number of benzene rings is 1. The fourth-order valence-corrected chi connectivity index (χ4v) is 4.75. The molecule has 3 atom stereocenters. The SMILES string of the molecule is NC1CCC2CN(C(=O)CN3CCN(Cc4ccccc4)CC3)CC12. The van der Waals surface area contributed by atoms with E-state index in [2.05, 4.69) is 45.0 Å². The van der Waals surface area contributed by atoms with Crippen molar-refractivity contribution in [2.75, 3.05) is 45.8 Å². The summed E-state index contributed by atoms with van der Waals surface area (Å²) in [6.45, 7) is 7.46. The number of hydrogen-bond donors (Lipinski definition) is 1. The Morgan fingerprint density at radius 2 is 1.72 bits per heavy atom. The molecule has 2 N–H and O–H groups in total. The molecule has 0 bridgehead atoms. The van der Waals surface area contributed by atoms with Gasteiger partial charge in [0.15, 0.2) is 0 Å². The van der Waals surface area contributed by atoms with Crippen LogP contribution in [0.25, 0.3) is 0 Å². The van der Waals surface area contributed by atoms with Gasteiger partial charge in [0.1, 0.15) is 0 Å². The van der Waals surface area contributed by atoms with Crippen LogP contribution in [0.3, 0.4) is 0 Å². The Kier molecular flexibility index (Phi) is 5.06. The van der Waals surface area contributed by atoms with Crippen LogP contribution >= 0.6 is 0 Å². The topological polar surface area (TPSA) is 52.8 Å². The number of rotatable bonds is 4. The Labute approximate surface area is 150 Å². The first-order chi connectivity index (χ1) is 12.2. The summed E-state index contributed by atoms with van der Waals surface area (Å²) < 4.78 is 0. The van der Waals surface area contributed by atoms with Crippen molar-refractivity contribution in [1.82, 2.24) is 14.7 Å². The Morgan fingerprint density at radius 1 is 1.00 bits per heavy atom. The summed E-state index contributed by atoms with van der Waals surface area (Å²) in [5.74, 6) is 1.51. The van der Waals surface area contributed by atoms with Crippen molar-refractivity contribution in [1.29, 1.82) is 0 Å². The number of carbonyl (C=O) groups is 1. The molecule has 1 aromatic carbocycles. The largest absolute Gasteiger partial charge is 0.341 e. The molecular weight excluding hydrogens is 312 g/mol. The van der Waals surface area contributed by atoms with Gasteiger partial charge in [0.25, 0.3) is 0 Å². The average molecular weight is 342 g/mol. The van der Waals surface area contributed by atoms with Gasteiger partial charge in [0, 0.05) is 51.9 Å². The molecule has 3 aliphatic rings. The van der Waals surface area contributed by atoms with Crippen LogP contribution in [-0.2, 0) is 11.3 Å². The lowest BCUT2D eigenvalue weighted by Crippen LogP contribution is -2.49. The number of fused-ring (bicyclic) bond motifs is 1. The van der Waals surface area contributed by atoms with Crippen LogP contribution in [0, 0.1) is 11.8 Å². The first-order valence-corrected chi connectivity index (χ1v) is 9.71. The van der Waals surface area contributed by atoms with E-state index in [1.165, 1.54) is 12.0 Å². The molecule has 5 heteroatoms. The summed E-state index contributed by atoms with van der Waals surface area (Å²) in [7, 11) is 0. The zero-order chi connectivity index (χ0) is 17.2. The summed E-state index contributed by atoms with van der Waals surface area (Å²) in [5.41, 5.74) is 7.56. The van der Waals surface area contributed by atoms with E-state index < -0.39 is 0 Å². The van der Waals surface area contributed by atoms with Crippen molar-refractivity contribution >= 4 is 5.91 Å². The summed E-state index contributed by atoms with van der Waals surface area (Å²) in [4.78, 5) is 19.5. The van der Waals surface area contributed by atoms with Crippen molar-refractivity contribution in [3.05, 3.63) is 35.9 Å². The lowest BCUT2D eigenvalue weighted by Gasteiger charge is -2.35. The third-order valence-corrected chi connectivity index (χ3v) is 6.34.